The van der Waals surface area contributed by atoms with E-state index in [1.165, 1.54) is 12.8 Å². The van der Waals surface area contributed by atoms with Gasteiger partial charge in [0.15, 0.2) is 0 Å². The molecule has 1 rings (SSSR count). The normalized spacial score (nSPS) is 10.7. The Morgan fingerprint density at radius 3 is 2.72 bits per heavy atom. The summed E-state index contributed by atoms with van der Waals surface area (Å²) in [5, 5.41) is 7.42. The quantitative estimate of drug-likeness (QED) is 0.441. The van der Waals surface area contributed by atoms with Crippen LogP contribution in [0, 0.1) is 5.41 Å². The molecule has 0 atom stereocenters. The number of anilines is 1. The average Bonchev–Trinajstić information content (AvgIpc) is 2.34. The summed E-state index contributed by atoms with van der Waals surface area (Å²) in [4.78, 5) is 10.8. The fourth-order valence-corrected chi connectivity index (χ4v) is 1.76. The average molecular weight is 249 g/mol. The second-order valence-corrected chi connectivity index (χ2v) is 4.65. The first kappa shape index (κ1) is 14.4. The number of aromatic nitrogens is 2. The maximum absolute atomic E-state index is 7.42. The van der Waals surface area contributed by atoms with Crippen LogP contribution in [0.5, 0.6) is 0 Å². The molecule has 0 bridgehead atoms. The van der Waals surface area contributed by atoms with Crippen molar-refractivity contribution in [2.75, 3.05) is 11.4 Å². The highest BCUT2D eigenvalue weighted by Gasteiger charge is 2.13. The summed E-state index contributed by atoms with van der Waals surface area (Å²) in [6.45, 7) is 7.37. The molecule has 100 valence electrons. The molecule has 0 aliphatic rings. The topological polar surface area (TPSA) is 78.9 Å². The molecule has 0 saturated heterocycles. The minimum absolute atomic E-state index is 0.0177. The molecule has 5 nitrogen and oxygen atoms in total. The summed E-state index contributed by atoms with van der Waals surface area (Å²) < 4.78 is 0. The first-order valence-corrected chi connectivity index (χ1v) is 6.50. The largest absolute Gasteiger partial charge is 0.382 e. The van der Waals surface area contributed by atoms with Crippen LogP contribution in [0.3, 0.4) is 0 Å². The minimum Gasteiger partial charge on any atom is -0.382 e. The van der Waals surface area contributed by atoms with Crippen LogP contribution in [0.4, 0.5) is 5.95 Å². The Kier molecular flexibility index (Phi) is 5.55. The van der Waals surface area contributed by atoms with Gasteiger partial charge in [0.2, 0.25) is 5.95 Å². The predicted octanol–water partition coefficient (Wildman–Crippen LogP) is 2.17. The zero-order valence-electron chi connectivity index (χ0n) is 11.5. The van der Waals surface area contributed by atoms with Gasteiger partial charge in [-0.2, -0.15) is 0 Å². The lowest BCUT2D eigenvalue weighted by Gasteiger charge is -2.26. The smallest absolute Gasteiger partial charge is 0.226 e. The highest BCUT2D eigenvalue weighted by Crippen LogP contribution is 2.13. The van der Waals surface area contributed by atoms with Crippen molar-refractivity contribution in [1.82, 2.24) is 9.97 Å². The van der Waals surface area contributed by atoms with Gasteiger partial charge in [0.1, 0.15) is 11.5 Å². The van der Waals surface area contributed by atoms with Crippen LogP contribution in [0.15, 0.2) is 12.3 Å². The number of hydrogen-bond donors (Lipinski definition) is 2. The highest BCUT2D eigenvalue weighted by atomic mass is 15.3. The van der Waals surface area contributed by atoms with Crippen LogP contribution in [-0.4, -0.2) is 28.4 Å². The van der Waals surface area contributed by atoms with Crippen molar-refractivity contribution in [3.63, 3.8) is 0 Å². The summed E-state index contributed by atoms with van der Waals surface area (Å²) in [6.07, 6.45) is 5.19. The number of nitrogens with two attached hydrogens (primary N) is 1. The molecule has 0 aliphatic heterocycles. The third-order valence-electron chi connectivity index (χ3n) is 2.80. The lowest BCUT2D eigenvalue weighted by molar-refractivity contribution is 0.612. The van der Waals surface area contributed by atoms with E-state index in [4.69, 9.17) is 11.1 Å². The Bertz CT molecular complexity index is 389. The monoisotopic (exact) mass is 249 g/mol. The van der Waals surface area contributed by atoms with Crippen molar-refractivity contribution in [2.45, 2.75) is 46.1 Å². The first-order valence-electron chi connectivity index (χ1n) is 6.50. The number of hydrogen-bond acceptors (Lipinski definition) is 4. The van der Waals surface area contributed by atoms with Crippen LogP contribution in [-0.2, 0) is 0 Å². The summed E-state index contributed by atoms with van der Waals surface area (Å²) in [6, 6.07) is 2.00. The van der Waals surface area contributed by atoms with E-state index in [1.807, 2.05) is 0 Å². The molecule has 0 amide bonds. The fraction of sp³-hybridized carbons (Fsp3) is 0.615. The molecular weight excluding hydrogens is 226 g/mol. The van der Waals surface area contributed by atoms with E-state index in [0.29, 0.717) is 17.7 Å². The van der Waals surface area contributed by atoms with E-state index in [9.17, 15) is 0 Å². The first-order chi connectivity index (χ1) is 8.56. The van der Waals surface area contributed by atoms with Crippen LogP contribution in [0.2, 0.25) is 0 Å². The Hall–Kier alpha value is -1.65. The van der Waals surface area contributed by atoms with E-state index in [2.05, 4.69) is 35.6 Å². The maximum Gasteiger partial charge on any atom is 0.226 e. The molecule has 0 spiro atoms. The van der Waals surface area contributed by atoms with Crippen molar-refractivity contribution < 1.29 is 0 Å². The molecule has 0 radical (unpaired) electrons. The van der Waals surface area contributed by atoms with Gasteiger partial charge in [-0.1, -0.05) is 19.8 Å². The molecule has 1 heterocycles. The minimum atomic E-state index is -0.0177. The van der Waals surface area contributed by atoms with Gasteiger partial charge in [0.25, 0.3) is 0 Å². The van der Waals surface area contributed by atoms with Crippen molar-refractivity contribution in [3.05, 3.63) is 18.0 Å². The van der Waals surface area contributed by atoms with Crippen LogP contribution in [0.25, 0.3) is 0 Å². The van der Waals surface area contributed by atoms with Crippen molar-refractivity contribution >= 4 is 11.8 Å². The van der Waals surface area contributed by atoms with Gasteiger partial charge in [0.05, 0.1) is 0 Å². The van der Waals surface area contributed by atoms with Gasteiger partial charge in [-0.25, -0.2) is 9.97 Å². The fourth-order valence-electron chi connectivity index (χ4n) is 1.76. The maximum atomic E-state index is 7.42. The van der Waals surface area contributed by atoms with Gasteiger partial charge in [-0.15, -0.1) is 0 Å². The van der Waals surface area contributed by atoms with E-state index in [0.717, 1.165) is 13.0 Å². The van der Waals surface area contributed by atoms with Crippen LogP contribution in [0.1, 0.15) is 45.7 Å². The van der Waals surface area contributed by atoms with E-state index in [-0.39, 0.29) is 5.84 Å². The highest BCUT2D eigenvalue weighted by molar-refractivity contribution is 5.93. The molecule has 0 fully saturated rings. The van der Waals surface area contributed by atoms with Gasteiger partial charge in [-0.05, 0) is 26.3 Å². The Morgan fingerprint density at radius 2 is 2.17 bits per heavy atom. The molecule has 1 aromatic rings. The second kappa shape index (κ2) is 6.93. The van der Waals surface area contributed by atoms with E-state index >= 15 is 0 Å². The second-order valence-electron chi connectivity index (χ2n) is 4.65. The Balaban J connectivity index is 2.84. The zero-order valence-corrected chi connectivity index (χ0v) is 11.5. The van der Waals surface area contributed by atoms with Crippen LogP contribution >= 0.6 is 0 Å². The predicted molar refractivity (Wildman–Crippen MR) is 75.1 cm³/mol. The molecule has 18 heavy (non-hydrogen) atoms. The Morgan fingerprint density at radius 1 is 1.44 bits per heavy atom. The third kappa shape index (κ3) is 3.98. The van der Waals surface area contributed by atoms with Gasteiger partial charge in [0, 0.05) is 18.8 Å². The van der Waals surface area contributed by atoms with E-state index in [1.54, 1.807) is 12.3 Å². The van der Waals surface area contributed by atoms with Gasteiger partial charge in [-0.3, -0.25) is 5.41 Å². The molecule has 3 N–H and O–H groups in total. The van der Waals surface area contributed by atoms with Gasteiger partial charge >= 0.3 is 0 Å². The summed E-state index contributed by atoms with van der Waals surface area (Å²) >= 11 is 0. The van der Waals surface area contributed by atoms with Gasteiger partial charge < -0.3 is 10.6 Å². The lowest BCUT2D eigenvalue weighted by Crippen LogP contribution is -2.33. The number of unbranched alkanes of at least 4 members (excludes halogenated alkanes) is 2. The molecule has 1 aromatic heterocycles. The van der Waals surface area contributed by atoms with Crippen LogP contribution < -0.4 is 10.6 Å². The summed E-state index contributed by atoms with van der Waals surface area (Å²) in [5.41, 5.74) is 5.94. The summed E-state index contributed by atoms with van der Waals surface area (Å²) in [7, 11) is 0. The summed E-state index contributed by atoms with van der Waals surface area (Å²) in [5.74, 6) is 0.643. The van der Waals surface area contributed by atoms with E-state index < -0.39 is 0 Å². The molecule has 0 aromatic carbocycles. The number of nitrogens with one attached hydrogen (secondary N) is 1. The third-order valence-corrected chi connectivity index (χ3v) is 2.80. The van der Waals surface area contributed by atoms with Crippen molar-refractivity contribution in [2.24, 2.45) is 5.73 Å². The number of rotatable bonds is 7. The molecule has 0 aliphatic carbocycles. The molecule has 0 saturated carbocycles. The Labute approximate surface area is 109 Å². The molecular formula is C13H23N5. The number of nitrogen functional groups attached to an aromatic ring is 1. The van der Waals surface area contributed by atoms with Crippen molar-refractivity contribution in [1.29, 1.82) is 5.41 Å². The molecule has 5 heteroatoms. The zero-order chi connectivity index (χ0) is 13.5. The SMILES string of the molecule is CCCCCN(c1nccc(C(=N)N)n1)C(C)C. The van der Waals surface area contributed by atoms with Crippen molar-refractivity contribution in [3.8, 4) is 0 Å². The number of nitrogens with zero attached hydrogens (tertiary/aromatic N) is 3. The molecule has 0 unspecified atom stereocenters. The standard InChI is InChI=1S/C13H23N5/c1-4-5-6-9-18(10(2)3)13-16-8-7-11(17-13)12(14)15/h7-8,10H,4-6,9H2,1-3H3,(H3,14,15). The number of amidine groups is 1. The lowest BCUT2D eigenvalue weighted by atomic mass is 10.2.